The minimum Gasteiger partial charge on any atom is -0.393 e. The second kappa shape index (κ2) is 4.97. The lowest BCUT2D eigenvalue weighted by Crippen LogP contribution is -2.07. The van der Waals surface area contributed by atoms with Gasteiger partial charge in [-0.25, -0.2) is 0 Å². The third-order valence-electron chi connectivity index (χ3n) is 3.07. The monoisotopic (exact) mass is 369 g/mol. The first-order valence-electron chi connectivity index (χ1n) is 6.37. The molecule has 0 heterocycles. The van der Waals surface area contributed by atoms with Gasteiger partial charge in [-0.1, -0.05) is 31.6 Å². The molecule has 11 heteroatoms. The molecule has 0 bridgehead atoms. The standard InChI is InChI=1S/C13H12F5N3O2S/c14-24(15,16,17,18)11-3-1-2-9(6-11)8-20-10-4-5-12(19)13(7-10)21(22)23/h1-7,20H,8,19H2. The Bertz CT molecular complexity index is 811. The molecule has 0 atom stereocenters. The van der Waals surface area contributed by atoms with Crippen molar-refractivity contribution in [3.05, 3.63) is 58.1 Å². The summed E-state index contributed by atoms with van der Waals surface area (Å²) in [6.45, 7) is -0.233. The number of nitrogens with one attached hydrogen (secondary N) is 1. The average molecular weight is 369 g/mol. The van der Waals surface area contributed by atoms with E-state index < -0.39 is 20.0 Å². The number of nitrogen functional groups attached to an aromatic ring is 1. The van der Waals surface area contributed by atoms with Crippen LogP contribution in [0.15, 0.2) is 47.4 Å². The molecule has 0 amide bonds. The normalized spacial score (nSPS) is 14.5. The highest BCUT2D eigenvalue weighted by molar-refractivity contribution is 8.45. The fourth-order valence-electron chi connectivity index (χ4n) is 1.91. The highest BCUT2D eigenvalue weighted by atomic mass is 32.5. The Hall–Kier alpha value is -2.56. The van der Waals surface area contributed by atoms with E-state index in [4.69, 9.17) is 5.73 Å². The number of rotatable bonds is 5. The van der Waals surface area contributed by atoms with Gasteiger partial charge in [-0.15, -0.1) is 0 Å². The Morgan fingerprint density at radius 1 is 1.08 bits per heavy atom. The van der Waals surface area contributed by atoms with Gasteiger partial charge in [0.2, 0.25) is 0 Å². The first kappa shape index (κ1) is 17.8. The maximum atomic E-state index is 12.8. The first-order valence-corrected chi connectivity index (χ1v) is 8.32. The fraction of sp³-hybridized carbons (Fsp3) is 0.0769. The molecule has 0 radical (unpaired) electrons. The van der Waals surface area contributed by atoms with Crippen molar-refractivity contribution >= 4 is 27.3 Å². The van der Waals surface area contributed by atoms with Crippen molar-refractivity contribution in [1.82, 2.24) is 0 Å². The molecule has 0 aliphatic heterocycles. The number of nitrogens with two attached hydrogens (primary N) is 1. The predicted octanol–water partition coefficient (Wildman–Crippen LogP) is 5.45. The SMILES string of the molecule is Nc1ccc(NCc2cccc(S(F)(F)(F)(F)F)c2)cc1[N+](=O)[O-]. The molecule has 0 aliphatic carbocycles. The van der Waals surface area contributed by atoms with Gasteiger partial charge in [0.15, 0.2) is 0 Å². The van der Waals surface area contributed by atoms with E-state index in [0.29, 0.717) is 12.1 Å². The zero-order valence-corrected chi connectivity index (χ0v) is 12.7. The molecule has 24 heavy (non-hydrogen) atoms. The molecule has 2 aromatic rings. The summed E-state index contributed by atoms with van der Waals surface area (Å²) in [5.41, 5.74) is 5.13. The fourth-order valence-corrected chi connectivity index (χ4v) is 2.62. The van der Waals surface area contributed by atoms with E-state index in [-0.39, 0.29) is 29.2 Å². The molecule has 0 unspecified atom stereocenters. The number of anilines is 2. The van der Waals surface area contributed by atoms with Crippen LogP contribution in [0, 0.1) is 10.1 Å². The lowest BCUT2D eigenvalue weighted by atomic mass is 10.2. The summed E-state index contributed by atoms with van der Waals surface area (Å²) in [6, 6.07) is 6.49. The zero-order chi connectivity index (χ0) is 18.2. The van der Waals surface area contributed by atoms with E-state index in [1.54, 1.807) is 0 Å². The van der Waals surface area contributed by atoms with Crippen LogP contribution in [0.3, 0.4) is 0 Å². The number of nitro groups is 1. The summed E-state index contributed by atoms with van der Waals surface area (Å²) in [4.78, 5) is 8.07. The summed E-state index contributed by atoms with van der Waals surface area (Å²) >= 11 is 0. The van der Waals surface area contributed by atoms with Crippen LogP contribution in [0.25, 0.3) is 0 Å². The summed E-state index contributed by atoms with van der Waals surface area (Å²) in [5, 5.41) is 13.4. The van der Waals surface area contributed by atoms with E-state index in [1.165, 1.54) is 18.2 Å². The van der Waals surface area contributed by atoms with Gasteiger partial charge in [-0.2, -0.15) is 0 Å². The molecule has 2 rings (SSSR count). The third kappa shape index (κ3) is 4.25. The summed E-state index contributed by atoms with van der Waals surface area (Å²) in [6.07, 6.45) is 0. The maximum Gasteiger partial charge on any atom is 0.310 e. The smallest absolute Gasteiger partial charge is 0.310 e. The van der Waals surface area contributed by atoms with E-state index in [0.717, 1.165) is 12.1 Å². The molecule has 0 aliphatic rings. The van der Waals surface area contributed by atoms with E-state index >= 15 is 0 Å². The summed E-state index contributed by atoms with van der Waals surface area (Å²) in [7, 11) is -9.75. The lowest BCUT2D eigenvalue weighted by molar-refractivity contribution is -0.383. The predicted molar refractivity (Wildman–Crippen MR) is 82.7 cm³/mol. The number of hydrogen-bond donors (Lipinski definition) is 2. The van der Waals surface area contributed by atoms with Gasteiger partial charge in [0, 0.05) is 18.3 Å². The Morgan fingerprint density at radius 3 is 2.33 bits per heavy atom. The number of hydrogen-bond acceptors (Lipinski definition) is 4. The average Bonchev–Trinajstić information content (AvgIpc) is 2.44. The second-order valence-electron chi connectivity index (χ2n) is 5.00. The van der Waals surface area contributed by atoms with Crippen molar-refractivity contribution in [3.63, 3.8) is 0 Å². The van der Waals surface area contributed by atoms with Crippen molar-refractivity contribution < 1.29 is 24.4 Å². The molecule has 5 nitrogen and oxygen atoms in total. The molecule has 0 fully saturated rings. The second-order valence-corrected chi connectivity index (χ2v) is 7.41. The quantitative estimate of drug-likeness (QED) is 0.318. The molecular weight excluding hydrogens is 357 g/mol. The van der Waals surface area contributed by atoms with Gasteiger partial charge in [-0.3, -0.25) is 10.1 Å². The molecule has 0 saturated heterocycles. The van der Waals surface area contributed by atoms with Crippen LogP contribution >= 0.6 is 10.2 Å². The van der Waals surface area contributed by atoms with Crippen LogP contribution in [0.5, 0.6) is 0 Å². The highest BCUT2D eigenvalue weighted by Gasteiger charge is 2.65. The van der Waals surface area contributed by atoms with Crippen molar-refractivity contribution in [3.8, 4) is 0 Å². The first-order chi connectivity index (χ1) is 10.8. The van der Waals surface area contributed by atoms with Crippen LogP contribution in [0.4, 0.5) is 36.5 Å². The van der Waals surface area contributed by atoms with Crippen molar-refractivity contribution in [1.29, 1.82) is 0 Å². The third-order valence-corrected chi connectivity index (χ3v) is 4.21. The summed E-state index contributed by atoms with van der Waals surface area (Å²) < 4.78 is 63.8. The van der Waals surface area contributed by atoms with Crippen molar-refractivity contribution in [2.75, 3.05) is 11.1 Å². The molecule has 2 aromatic carbocycles. The number of benzene rings is 2. The minimum absolute atomic E-state index is 0.0553. The number of nitrogens with zero attached hydrogens (tertiary/aromatic N) is 1. The van der Waals surface area contributed by atoms with E-state index in [9.17, 15) is 29.5 Å². The molecule has 3 N–H and O–H groups in total. The van der Waals surface area contributed by atoms with Gasteiger partial charge in [-0.05, 0) is 29.8 Å². The van der Waals surface area contributed by atoms with Gasteiger partial charge >= 0.3 is 10.2 Å². The topological polar surface area (TPSA) is 81.2 Å². The van der Waals surface area contributed by atoms with Crippen molar-refractivity contribution in [2.45, 2.75) is 11.4 Å². The van der Waals surface area contributed by atoms with Gasteiger partial charge in [0.1, 0.15) is 10.6 Å². The summed E-state index contributed by atoms with van der Waals surface area (Å²) in [5.74, 6) is 0. The van der Waals surface area contributed by atoms with Crippen LogP contribution < -0.4 is 11.1 Å². The molecule has 0 spiro atoms. The molecule has 132 valence electrons. The van der Waals surface area contributed by atoms with E-state index in [2.05, 4.69) is 5.32 Å². The molecule has 0 aromatic heterocycles. The van der Waals surface area contributed by atoms with Crippen LogP contribution in [-0.4, -0.2) is 4.92 Å². The zero-order valence-electron chi connectivity index (χ0n) is 11.9. The van der Waals surface area contributed by atoms with Crippen LogP contribution in [0.2, 0.25) is 0 Å². The Labute approximate surface area is 133 Å². The minimum atomic E-state index is -9.75. The Balaban J connectivity index is 2.23. The highest BCUT2D eigenvalue weighted by Crippen LogP contribution is 3.02. The molecule has 0 saturated carbocycles. The maximum absolute atomic E-state index is 12.8. The van der Waals surface area contributed by atoms with Crippen molar-refractivity contribution in [2.24, 2.45) is 0 Å². The van der Waals surface area contributed by atoms with Gasteiger partial charge < -0.3 is 11.1 Å². The van der Waals surface area contributed by atoms with Crippen LogP contribution in [-0.2, 0) is 6.54 Å². The number of halogens is 5. The Kier molecular flexibility index (Phi) is 3.68. The molecular formula is C13H12F5N3O2S. The van der Waals surface area contributed by atoms with Gasteiger partial charge in [0.05, 0.1) is 4.92 Å². The largest absolute Gasteiger partial charge is 0.393 e. The lowest BCUT2D eigenvalue weighted by Gasteiger charge is -2.40. The van der Waals surface area contributed by atoms with Gasteiger partial charge in [0.25, 0.3) is 5.69 Å². The van der Waals surface area contributed by atoms with Crippen LogP contribution in [0.1, 0.15) is 5.56 Å². The number of nitro benzene ring substituents is 1. The Morgan fingerprint density at radius 2 is 1.75 bits per heavy atom. The van der Waals surface area contributed by atoms with E-state index in [1.807, 2.05) is 0 Å².